The number of hydrogen-bond donors (Lipinski definition) is 0. The molecule has 0 atom stereocenters. The third-order valence-electron chi connectivity index (χ3n) is 2.85. The molecular formula is C12H9N2O6-. The lowest BCUT2D eigenvalue weighted by atomic mass is 10.2. The lowest BCUT2D eigenvalue weighted by molar-refractivity contribution is -0.305. The normalized spacial score (nSPS) is 18.3. The van der Waals surface area contributed by atoms with Crippen molar-refractivity contribution in [1.29, 1.82) is 0 Å². The lowest BCUT2D eigenvalue weighted by Crippen LogP contribution is -2.38. The molecule has 0 saturated carbocycles. The van der Waals surface area contributed by atoms with Gasteiger partial charge in [-0.15, -0.1) is 0 Å². The molecule has 8 heteroatoms. The van der Waals surface area contributed by atoms with E-state index < -0.39 is 36.0 Å². The number of hydrogen-bond acceptors (Lipinski definition) is 6. The Morgan fingerprint density at radius 2 is 1.60 bits per heavy atom. The molecule has 104 valence electrons. The topological polar surface area (TPSA) is 115 Å². The molecule has 0 aromatic heterocycles. The molecule has 2 heterocycles. The van der Waals surface area contributed by atoms with Crippen molar-refractivity contribution in [2.75, 3.05) is 13.1 Å². The van der Waals surface area contributed by atoms with Crippen molar-refractivity contribution in [2.24, 2.45) is 0 Å². The van der Waals surface area contributed by atoms with Gasteiger partial charge in [0.25, 0.3) is 23.6 Å². The Balaban J connectivity index is 2.04. The summed E-state index contributed by atoms with van der Waals surface area (Å²) in [5.41, 5.74) is -0.0289. The Kier molecular flexibility index (Phi) is 3.47. The van der Waals surface area contributed by atoms with E-state index >= 15 is 0 Å². The van der Waals surface area contributed by atoms with Crippen LogP contribution in [0.1, 0.15) is 6.42 Å². The minimum Gasteiger partial charge on any atom is -0.550 e. The number of nitrogens with zero attached hydrogens (tertiary/aromatic N) is 2. The molecule has 0 aromatic carbocycles. The second-order valence-electron chi connectivity index (χ2n) is 4.18. The van der Waals surface area contributed by atoms with E-state index in [1.807, 2.05) is 0 Å². The average molecular weight is 277 g/mol. The molecule has 0 N–H and O–H groups in total. The van der Waals surface area contributed by atoms with E-state index in [-0.39, 0.29) is 18.7 Å². The second-order valence-corrected chi connectivity index (χ2v) is 4.18. The monoisotopic (exact) mass is 277 g/mol. The van der Waals surface area contributed by atoms with Gasteiger partial charge in [0.15, 0.2) is 0 Å². The number of imide groups is 2. The van der Waals surface area contributed by atoms with Gasteiger partial charge in [-0.1, -0.05) is 0 Å². The SMILES string of the molecule is O=C([O-])CCN1C(=O)C=C(CN2C(=O)C=CC2=O)C1=O. The number of amides is 4. The zero-order valence-electron chi connectivity index (χ0n) is 10.2. The summed E-state index contributed by atoms with van der Waals surface area (Å²) in [6.45, 7) is -0.614. The zero-order valence-corrected chi connectivity index (χ0v) is 10.2. The van der Waals surface area contributed by atoms with Gasteiger partial charge in [-0.3, -0.25) is 29.0 Å². The van der Waals surface area contributed by atoms with E-state index in [1.54, 1.807) is 0 Å². The van der Waals surface area contributed by atoms with Crippen LogP contribution >= 0.6 is 0 Å². The highest BCUT2D eigenvalue weighted by atomic mass is 16.4. The molecule has 2 rings (SSSR count). The van der Waals surface area contributed by atoms with Crippen LogP contribution in [-0.4, -0.2) is 52.5 Å². The number of carbonyl (C=O) groups is 5. The summed E-state index contributed by atoms with van der Waals surface area (Å²) < 4.78 is 0. The molecule has 2 aliphatic heterocycles. The second kappa shape index (κ2) is 5.08. The summed E-state index contributed by atoms with van der Waals surface area (Å²) in [4.78, 5) is 58.0. The fraction of sp³-hybridized carbons (Fsp3) is 0.250. The highest BCUT2D eigenvalue weighted by Crippen LogP contribution is 2.16. The van der Waals surface area contributed by atoms with Crippen molar-refractivity contribution in [3.05, 3.63) is 23.8 Å². The maximum absolute atomic E-state index is 11.9. The van der Waals surface area contributed by atoms with Crippen molar-refractivity contribution in [2.45, 2.75) is 6.42 Å². The first-order chi connectivity index (χ1) is 9.40. The summed E-state index contributed by atoms with van der Waals surface area (Å²) in [7, 11) is 0. The van der Waals surface area contributed by atoms with E-state index in [4.69, 9.17) is 0 Å². The lowest BCUT2D eigenvalue weighted by Gasteiger charge is -2.17. The van der Waals surface area contributed by atoms with Gasteiger partial charge in [-0.25, -0.2) is 0 Å². The van der Waals surface area contributed by atoms with E-state index in [0.29, 0.717) is 0 Å². The van der Waals surface area contributed by atoms with Gasteiger partial charge >= 0.3 is 0 Å². The predicted octanol–water partition coefficient (Wildman–Crippen LogP) is -2.65. The van der Waals surface area contributed by atoms with Crippen molar-refractivity contribution < 1.29 is 29.1 Å². The largest absolute Gasteiger partial charge is 0.550 e. The van der Waals surface area contributed by atoms with Gasteiger partial charge in [0, 0.05) is 42.7 Å². The van der Waals surface area contributed by atoms with Crippen LogP contribution < -0.4 is 5.11 Å². The Bertz CT molecular complexity index is 571. The molecule has 0 fully saturated rings. The number of carboxylic acid groups (broad SMARTS) is 1. The van der Waals surface area contributed by atoms with Crippen molar-refractivity contribution in [3.8, 4) is 0 Å². The molecule has 0 spiro atoms. The standard InChI is InChI=1S/C12H10N2O6/c15-8-1-2-9(16)14(8)6-7-5-10(17)13(12(7)20)4-3-11(18)19/h1-2,5H,3-4,6H2,(H,18,19)/p-1. The number of rotatable bonds is 5. The predicted molar refractivity (Wildman–Crippen MR) is 60.3 cm³/mol. The Morgan fingerprint density at radius 1 is 1.00 bits per heavy atom. The third kappa shape index (κ3) is 2.48. The minimum absolute atomic E-state index is 0.0289. The Labute approximate surface area is 112 Å². The molecule has 4 amide bonds. The highest BCUT2D eigenvalue weighted by molar-refractivity contribution is 6.18. The van der Waals surface area contributed by atoms with E-state index in [0.717, 1.165) is 28.0 Å². The van der Waals surface area contributed by atoms with Crippen LogP contribution in [0.5, 0.6) is 0 Å². The van der Waals surface area contributed by atoms with E-state index in [9.17, 15) is 29.1 Å². The summed E-state index contributed by atoms with van der Waals surface area (Å²) in [5, 5.41) is 10.3. The van der Waals surface area contributed by atoms with E-state index in [2.05, 4.69) is 0 Å². The van der Waals surface area contributed by atoms with Crippen LogP contribution in [0.2, 0.25) is 0 Å². The van der Waals surface area contributed by atoms with Crippen LogP contribution in [-0.2, 0) is 24.0 Å². The maximum Gasteiger partial charge on any atom is 0.258 e. The fourth-order valence-electron chi connectivity index (χ4n) is 1.85. The van der Waals surface area contributed by atoms with Crippen LogP contribution in [0.15, 0.2) is 23.8 Å². The summed E-state index contributed by atoms with van der Waals surface area (Å²) in [5.74, 6) is -3.89. The van der Waals surface area contributed by atoms with Gasteiger partial charge < -0.3 is 9.90 Å². The van der Waals surface area contributed by atoms with Gasteiger partial charge in [-0.2, -0.15) is 0 Å². The molecule has 0 aromatic rings. The molecule has 0 aliphatic carbocycles. The Hall–Kier alpha value is -2.77. The zero-order chi connectivity index (χ0) is 14.9. The molecular weight excluding hydrogens is 268 g/mol. The third-order valence-corrected chi connectivity index (χ3v) is 2.85. The van der Waals surface area contributed by atoms with Crippen molar-refractivity contribution in [3.63, 3.8) is 0 Å². The fourth-order valence-corrected chi connectivity index (χ4v) is 1.85. The smallest absolute Gasteiger partial charge is 0.258 e. The van der Waals surface area contributed by atoms with E-state index in [1.165, 1.54) is 0 Å². The average Bonchev–Trinajstić information content (AvgIpc) is 2.82. The number of aliphatic carboxylic acids is 1. The summed E-state index contributed by atoms with van der Waals surface area (Å²) in [6.07, 6.45) is 2.66. The van der Waals surface area contributed by atoms with Gasteiger partial charge in [-0.05, 0) is 0 Å². The molecule has 20 heavy (non-hydrogen) atoms. The molecule has 0 saturated heterocycles. The molecule has 0 radical (unpaired) electrons. The van der Waals surface area contributed by atoms with Crippen LogP contribution in [0.25, 0.3) is 0 Å². The van der Waals surface area contributed by atoms with Gasteiger partial charge in [0.1, 0.15) is 0 Å². The number of carbonyl (C=O) groups excluding carboxylic acids is 5. The van der Waals surface area contributed by atoms with Gasteiger partial charge in [0.2, 0.25) is 0 Å². The first-order valence-electron chi connectivity index (χ1n) is 5.70. The summed E-state index contributed by atoms with van der Waals surface area (Å²) in [6, 6.07) is 0. The van der Waals surface area contributed by atoms with Crippen LogP contribution in [0.4, 0.5) is 0 Å². The molecule has 0 bridgehead atoms. The van der Waals surface area contributed by atoms with Crippen molar-refractivity contribution in [1.82, 2.24) is 9.80 Å². The molecule has 2 aliphatic rings. The molecule has 8 nitrogen and oxygen atoms in total. The minimum atomic E-state index is -1.38. The quantitative estimate of drug-likeness (QED) is 0.507. The first kappa shape index (κ1) is 13.7. The van der Waals surface area contributed by atoms with Gasteiger partial charge in [0.05, 0.1) is 6.54 Å². The Morgan fingerprint density at radius 3 is 2.15 bits per heavy atom. The van der Waals surface area contributed by atoms with Crippen molar-refractivity contribution >= 4 is 29.6 Å². The molecule has 0 unspecified atom stereocenters. The first-order valence-corrected chi connectivity index (χ1v) is 5.70. The highest BCUT2D eigenvalue weighted by Gasteiger charge is 2.34. The maximum atomic E-state index is 11.9. The summed E-state index contributed by atoms with van der Waals surface area (Å²) >= 11 is 0. The van der Waals surface area contributed by atoms with Crippen LogP contribution in [0.3, 0.4) is 0 Å². The van der Waals surface area contributed by atoms with Crippen LogP contribution in [0, 0.1) is 0 Å². The number of carboxylic acids is 1.